The number of rotatable bonds is 7. The number of para-hydroxylation sites is 1. The maximum Gasteiger partial charge on any atom is 0.243 e. The van der Waals surface area contributed by atoms with Crippen molar-refractivity contribution in [2.45, 2.75) is 26.7 Å². The molecule has 0 radical (unpaired) electrons. The molecule has 0 bridgehead atoms. The third kappa shape index (κ3) is 6.51. The molecular weight excluding hydrogens is 394 g/mol. The molecule has 0 atom stereocenters. The molecule has 8 nitrogen and oxygen atoms in total. The number of aryl methyl sites for hydroxylation is 2. The normalized spacial score (nSPS) is 17.6. The van der Waals surface area contributed by atoms with Crippen LogP contribution in [0.3, 0.4) is 0 Å². The van der Waals surface area contributed by atoms with Crippen LogP contribution >= 0.6 is 0 Å². The zero-order chi connectivity index (χ0) is 22.4. The van der Waals surface area contributed by atoms with Gasteiger partial charge in [0.2, 0.25) is 17.7 Å². The minimum Gasteiger partial charge on any atom is -0.342 e. The Morgan fingerprint density at radius 3 is 2.03 bits per heavy atom. The van der Waals surface area contributed by atoms with E-state index in [4.69, 9.17) is 0 Å². The summed E-state index contributed by atoms with van der Waals surface area (Å²) < 4.78 is 0. The van der Waals surface area contributed by atoms with Gasteiger partial charge in [0.25, 0.3) is 0 Å². The predicted molar refractivity (Wildman–Crippen MR) is 121 cm³/mol. The van der Waals surface area contributed by atoms with E-state index in [1.165, 1.54) is 4.90 Å². The summed E-state index contributed by atoms with van der Waals surface area (Å²) in [5.74, 6) is -0.0478. The van der Waals surface area contributed by atoms with Crippen molar-refractivity contribution in [2.75, 3.05) is 71.3 Å². The molecule has 0 unspecified atom stereocenters. The van der Waals surface area contributed by atoms with Gasteiger partial charge in [-0.3, -0.25) is 24.2 Å². The van der Waals surface area contributed by atoms with Crippen molar-refractivity contribution in [3.05, 3.63) is 29.3 Å². The number of nitrogens with zero attached hydrogens (tertiary/aromatic N) is 4. The summed E-state index contributed by atoms with van der Waals surface area (Å²) in [6.07, 6.45) is 2.22. The number of hydrogen-bond donors (Lipinski definition) is 1. The van der Waals surface area contributed by atoms with Gasteiger partial charge in [0.05, 0.1) is 19.6 Å². The van der Waals surface area contributed by atoms with E-state index in [0.29, 0.717) is 13.1 Å². The first-order chi connectivity index (χ1) is 14.8. The van der Waals surface area contributed by atoms with E-state index in [0.717, 1.165) is 68.9 Å². The lowest BCUT2D eigenvalue weighted by Gasteiger charge is -2.35. The molecule has 2 heterocycles. The highest BCUT2D eigenvalue weighted by Crippen LogP contribution is 2.19. The van der Waals surface area contributed by atoms with Crippen molar-refractivity contribution in [1.82, 2.24) is 19.6 Å². The minimum absolute atomic E-state index is 0.0247. The molecule has 2 fully saturated rings. The summed E-state index contributed by atoms with van der Waals surface area (Å²) in [5.41, 5.74) is 2.82. The number of carbonyl (C=O) groups is 3. The van der Waals surface area contributed by atoms with Crippen molar-refractivity contribution >= 4 is 23.4 Å². The summed E-state index contributed by atoms with van der Waals surface area (Å²) in [5, 5.41) is 2.93. The topological polar surface area (TPSA) is 76.2 Å². The van der Waals surface area contributed by atoms with E-state index >= 15 is 0 Å². The van der Waals surface area contributed by atoms with Gasteiger partial charge in [-0.05, 0) is 37.8 Å². The van der Waals surface area contributed by atoms with E-state index in [1.807, 2.05) is 36.9 Å². The van der Waals surface area contributed by atoms with Crippen molar-refractivity contribution in [2.24, 2.45) is 0 Å². The highest BCUT2D eigenvalue weighted by atomic mass is 16.2. The molecule has 3 rings (SSSR count). The largest absolute Gasteiger partial charge is 0.342 e. The third-order valence-electron chi connectivity index (χ3n) is 6.19. The molecule has 0 aromatic heterocycles. The Balaban J connectivity index is 1.39. The fraction of sp³-hybridized carbons (Fsp3) is 0.609. The lowest BCUT2D eigenvalue weighted by molar-refractivity contribution is -0.135. The molecular formula is C23H35N5O3. The second kappa shape index (κ2) is 10.7. The molecule has 3 amide bonds. The molecule has 31 heavy (non-hydrogen) atoms. The molecule has 0 saturated carbocycles. The van der Waals surface area contributed by atoms with Gasteiger partial charge in [-0.2, -0.15) is 0 Å². The van der Waals surface area contributed by atoms with Crippen LogP contribution in [0.15, 0.2) is 18.2 Å². The molecule has 1 N–H and O–H groups in total. The number of anilines is 1. The average molecular weight is 430 g/mol. The Morgan fingerprint density at radius 2 is 1.45 bits per heavy atom. The van der Waals surface area contributed by atoms with Crippen LogP contribution in [0.25, 0.3) is 0 Å². The monoisotopic (exact) mass is 429 g/mol. The second-order valence-corrected chi connectivity index (χ2v) is 8.70. The lowest BCUT2D eigenvalue weighted by atomic mass is 10.1. The van der Waals surface area contributed by atoms with E-state index in [9.17, 15) is 14.4 Å². The van der Waals surface area contributed by atoms with Crippen LogP contribution in [0, 0.1) is 13.8 Å². The first-order valence-corrected chi connectivity index (χ1v) is 11.2. The van der Waals surface area contributed by atoms with Crippen LogP contribution in [0.2, 0.25) is 0 Å². The van der Waals surface area contributed by atoms with Crippen molar-refractivity contribution in [3.63, 3.8) is 0 Å². The molecule has 1 aromatic rings. The van der Waals surface area contributed by atoms with Crippen molar-refractivity contribution in [3.8, 4) is 0 Å². The van der Waals surface area contributed by atoms with Gasteiger partial charge >= 0.3 is 0 Å². The van der Waals surface area contributed by atoms with Crippen LogP contribution in [-0.4, -0.2) is 103 Å². The summed E-state index contributed by atoms with van der Waals surface area (Å²) >= 11 is 0. The fourth-order valence-electron chi connectivity index (χ4n) is 4.17. The molecule has 2 aliphatic rings. The molecule has 0 spiro atoms. The van der Waals surface area contributed by atoms with Gasteiger partial charge in [0.15, 0.2) is 0 Å². The number of nitrogens with one attached hydrogen (secondary N) is 1. The molecule has 170 valence electrons. The standard InChI is InChI=1S/C23H35N5O3/c1-18-7-6-8-19(2)23(18)24-20(29)15-25(3)21(30)16-26-11-13-27(14-12-26)17-22(31)28-9-4-5-10-28/h6-8H,4-5,9-17H2,1-3H3,(H,24,29). The number of amides is 3. The predicted octanol–water partition coefficient (Wildman–Crippen LogP) is 0.940. The van der Waals surface area contributed by atoms with Gasteiger partial charge in [0.1, 0.15) is 0 Å². The average Bonchev–Trinajstić information content (AvgIpc) is 3.27. The fourth-order valence-corrected chi connectivity index (χ4v) is 4.17. The van der Waals surface area contributed by atoms with E-state index < -0.39 is 0 Å². The number of hydrogen-bond acceptors (Lipinski definition) is 5. The Morgan fingerprint density at radius 1 is 0.903 bits per heavy atom. The summed E-state index contributed by atoms with van der Waals surface area (Å²) in [6, 6.07) is 5.86. The lowest BCUT2D eigenvalue weighted by Crippen LogP contribution is -2.52. The van der Waals surface area contributed by atoms with Gasteiger partial charge in [-0.15, -0.1) is 0 Å². The zero-order valence-corrected chi connectivity index (χ0v) is 19.0. The van der Waals surface area contributed by atoms with E-state index in [1.54, 1.807) is 7.05 Å². The van der Waals surface area contributed by atoms with Gasteiger partial charge in [-0.1, -0.05) is 18.2 Å². The number of likely N-dealkylation sites (tertiary alicyclic amines) is 1. The molecule has 0 aliphatic carbocycles. The van der Waals surface area contributed by atoms with Gasteiger partial charge in [-0.25, -0.2) is 0 Å². The third-order valence-corrected chi connectivity index (χ3v) is 6.19. The molecule has 2 saturated heterocycles. The Kier molecular flexibility index (Phi) is 8.03. The Hall–Kier alpha value is -2.45. The number of likely N-dealkylation sites (N-methyl/N-ethyl adjacent to an activating group) is 1. The Labute approximate surface area is 185 Å². The summed E-state index contributed by atoms with van der Waals surface area (Å²) in [4.78, 5) is 45.0. The van der Waals surface area contributed by atoms with Crippen molar-refractivity contribution in [1.29, 1.82) is 0 Å². The number of carbonyl (C=O) groups excluding carboxylic acids is 3. The molecule has 2 aliphatic heterocycles. The van der Waals surface area contributed by atoms with Crippen LogP contribution in [0.1, 0.15) is 24.0 Å². The quantitative estimate of drug-likeness (QED) is 0.698. The maximum atomic E-state index is 12.6. The summed E-state index contributed by atoms with van der Waals surface area (Å²) in [6.45, 7) is 9.53. The van der Waals surface area contributed by atoms with E-state index in [2.05, 4.69) is 15.1 Å². The maximum absolute atomic E-state index is 12.6. The Bertz CT molecular complexity index is 778. The zero-order valence-electron chi connectivity index (χ0n) is 19.0. The summed E-state index contributed by atoms with van der Waals surface area (Å²) in [7, 11) is 1.66. The SMILES string of the molecule is Cc1cccc(C)c1NC(=O)CN(C)C(=O)CN1CCN(CC(=O)N2CCCC2)CC1. The smallest absolute Gasteiger partial charge is 0.243 e. The second-order valence-electron chi connectivity index (χ2n) is 8.70. The number of piperazine rings is 1. The first-order valence-electron chi connectivity index (χ1n) is 11.2. The van der Waals surface area contributed by atoms with Gasteiger partial charge < -0.3 is 15.1 Å². The number of benzene rings is 1. The van der Waals surface area contributed by atoms with Gasteiger partial charge in [0, 0.05) is 52.0 Å². The van der Waals surface area contributed by atoms with Crippen molar-refractivity contribution < 1.29 is 14.4 Å². The van der Waals surface area contributed by atoms with Crippen LogP contribution in [0.4, 0.5) is 5.69 Å². The molecule has 8 heteroatoms. The molecule has 1 aromatic carbocycles. The van der Waals surface area contributed by atoms with E-state index in [-0.39, 0.29) is 24.3 Å². The first kappa shape index (κ1) is 23.2. The minimum atomic E-state index is -0.196. The van der Waals surface area contributed by atoms with Crippen LogP contribution in [0.5, 0.6) is 0 Å². The highest BCUT2D eigenvalue weighted by molar-refractivity contribution is 5.95. The van der Waals surface area contributed by atoms with Crippen LogP contribution in [-0.2, 0) is 14.4 Å². The highest BCUT2D eigenvalue weighted by Gasteiger charge is 2.25. The van der Waals surface area contributed by atoms with Crippen LogP contribution < -0.4 is 5.32 Å².